The number of hydrogen-bond donors (Lipinski definition) is 3. The normalized spacial score (nSPS) is 12.5. The highest BCUT2D eigenvalue weighted by Crippen LogP contribution is 2.33. The topological polar surface area (TPSA) is 122 Å². The van der Waals surface area contributed by atoms with E-state index in [2.05, 4.69) is 20.1 Å². The average Bonchev–Trinajstić information content (AvgIpc) is 2.87. The highest BCUT2D eigenvalue weighted by molar-refractivity contribution is 6.30. The van der Waals surface area contributed by atoms with E-state index in [1.807, 2.05) is 6.92 Å². The second-order valence-electron chi connectivity index (χ2n) is 8.46. The summed E-state index contributed by atoms with van der Waals surface area (Å²) in [4.78, 5) is 46.3. The van der Waals surface area contributed by atoms with Gasteiger partial charge in [0.05, 0.1) is 18.5 Å². The molecular formula is C26H28Cl2N4O5. The molecule has 37 heavy (non-hydrogen) atoms. The maximum absolute atomic E-state index is 13.0. The van der Waals surface area contributed by atoms with Crippen LogP contribution in [-0.4, -0.2) is 41.5 Å². The third-order valence-electron chi connectivity index (χ3n) is 5.68. The highest BCUT2D eigenvalue weighted by atomic mass is 35.5. The molecule has 3 N–H and O–H groups in total. The van der Waals surface area contributed by atoms with Crippen LogP contribution < -0.4 is 25.3 Å². The molecule has 0 radical (unpaired) electrons. The van der Waals surface area contributed by atoms with Crippen molar-refractivity contribution < 1.29 is 19.1 Å². The Hall–Kier alpha value is -3.40. The number of benzene rings is 2. The minimum absolute atomic E-state index is 0.170. The third-order valence-corrected chi connectivity index (χ3v) is 6.12. The molecule has 11 heteroatoms. The van der Waals surface area contributed by atoms with E-state index >= 15 is 0 Å². The van der Waals surface area contributed by atoms with Crippen LogP contribution in [0.25, 0.3) is 22.5 Å². The van der Waals surface area contributed by atoms with E-state index in [1.165, 1.54) is 14.0 Å². The Morgan fingerprint density at radius 2 is 1.78 bits per heavy atom. The number of nitrogens with zero attached hydrogens (tertiary/aromatic N) is 1. The molecule has 1 amide bonds. The van der Waals surface area contributed by atoms with Crippen molar-refractivity contribution in [2.75, 3.05) is 13.7 Å². The summed E-state index contributed by atoms with van der Waals surface area (Å²) in [7, 11) is 1.44. The van der Waals surface area contributed by atoms with E-state index in [4.69, 9.17) is 32.9 Å². The molecule has 0 spiro atoms. The van der Waals surface area contributed by atoms with E-state index in [0.29, 0.717) is 41.4 Å². The maximum atomic E-state index is 13.0. The van der Waals surface area contributed by atoms with Crippen LogP contribution in [0.15, 0.2) is 53.3 Å². The number of methoxy groups -OCH3 is 1. The predicted octanol–water partition coefficient (Wildman–Crippen LogP) is 4.34. The summed E-state index contributed by atoms with van der Waals surface area (Å²) < 4.78 is 11.1. The van der Waals surface area contributed by atoms with Gasteiger partial charge >= 0.3 is 11.7 Å². The van der Waals surface area contributed by atoms with Gasteiger partial charge in [0.1, 0.15) is 6.04 Å². The fourth-order valence-corrected chi connectivity index (χ4v) is 4.04. The predicted molar refractivity (Wildman–Crippen MR) is 143 cm³/mol. The number of aromatic amines is 1. The number of rotatable bonds is 11. The van der Waals surface area contributed by atoms with Crippen LogP contribution in [0.3, 0.4) is 0 Å². The van der Waals surface area contributed by atoms with E-state index in [9.17, 15) is 14.4 Å². The molecule has 0 aliphatic rings. The van der Waals surface area contributed by atoms with Crippen LogP contribution in [0.5, 0.6) is 11.5 Å². The summed E-state index contributed by atoms with van der Waals surface area (Å²) >= 11 is 11.5. The lowest BCUT2D eigenvalue weighted by Crippen LogP contribution is -2.46. The van der Waals surface area contributed by atoms with Crippen molar-refractivity contribution in [3.05, 3.63) is 64.0 Å². The molecule has 0 saturated heterocycles. The highest BCUT2D eigenvalue weighted by Gasteiger charge is 2.28. The molecule has 0 unspecified atom stereocenters. The van der Waals surface area contributed by atoms with Crippen molar-refractivity contribution in [2.45, 2.75) is 32.7 Å². The van der Waals surface area contributed by atoms with E-state index in [1.54, 1.807) is 48.5 Å². The number of ether oxygens (including phenoxy) is 2. The van der Waals surface area contributed by atoms with Gasteiger partial charge in [-0.2, -0.15) is 4.98 Å². The molecular weight excluding hydrogens is 519 g/mol. The fraction of sp³-hybridized carbons (Fsp3) is 0.308. The van der Waals surface area contributed by atoms with E-state index < -0.39 is 17.7 Å². The van der Waals surface area contributed by atoms with E-state index in [0.717, 1.165) is 5.56 Å². The lowest BCUT2D eigenvalue weighted by atomic mass is 9.96. The Morgan fingerprint density at radius 3 is 2.43 bits per heavy atom. The first-order chi connectivity index (χ1) is 17.7. The molecule has 1 heterocycles. The van der Waals surface area contributed by atoms with Gasteiger partial charge in [-0.05, 0) is 72.5 Å². The lowest BCUT2D eigenvalue weighted by Gasteiger charge is -2.23. The number of halogens is 2. The molecule has 2 aromatic carbocycles. The monoisotopic (exact) mass is 546 g/mol. The van der Waals surface area contributed by atoms with Gasteiger partial charge in [-0.15, -0.1) is 0 Å². The van der Waals surface area contributed by atoms with Gasteiger partial charge in [0.15, 0.2) is 11.5 Å². The molecule has 0 saturated carbocycles. The summed E-state index contributed by atoms with van der Waals surface area (Å²) in [6, 6.07) is 12.8. The van der Waals surface area contributed by atoms with Crippen molar-refractivity contribution in [3.63, 3.8) is 0 Å². The van der Waals surface area contributed by atoms with Crippen LogP contribution in [0, 0.1) is 5.92 Å². The van der Waals surface area contributed by atoms with Crippen molar-refractivity contribution in [1.29, 1.82) is 0 Å². The van der Waals surface area contributed by atoms with Gasteiger partial charge in [0, 0.05) is 24.1 Å². The number of esters is 1. The molecule has 9 nitrogen and oxygen atoms in total. The first-order valence-corrected chi connectivity index (χ1v) is 12.4. The molecule has 0 aliphatic carbocycles. The minimum Gasteiger partial charge on any atom is -0.493 e. The van der Waals surface area contributed by atoms with Crippen molar-refractivity contribution in [3.8, 4) is 34.0 Å². The molecule has 0 fully saturated rings. The number of carbonyl (C=O) groups excluding carboxylic acids is 2. The summed E-state index contributed by atoms with van der Waals surface area (Å²) in [6.45, 7) is 3.77. The van der Waals surface area contributed by atoms with Gasteiger partial charge in [-0.3, -0.25) is 4.79 Å². The van der Waals surface area contributed by atoms with Crippen molar-refractivity contribution >= 4 is 35.3 Å². The average molecular weight is 547 g/mol. The SMILES string of the molecule is COc1cc(-c2cc(-c3ccc(Cl)cc3)[nH]c(=O)n2)ccc1OC(=O)[C@H](NC(C)=O)[C@@H](C)CCCNCl. The minimum atomic E-state index is -0.853. The second-order valence-corrected chi connectivity index (χ2v) is 9.16. The molecule has 196 valence electrons. The van der Waals surface area contributed by atoms with Gasteiger partial charge in [0.2, 0.25) is 5.91 Å². The second kappa shape index (κ2) is 13.2. The molecule has 3 rings (SSSR count). The zero-order valence-corrected chi connectivity index (χ0v) is 22.2. The zero-order valence-electron chi connectivity index (χ0n) is 20.6. The lowest BCUT2D eigenvalue weighted by molar-refractivity contribution is -0.140. The quantitative estimate of drug-likeness (QED) is 0.141. The van der Waals surface area contributed by atoms with Crippen molar-refractivity contribution in [2.24, 2.45) is 5.92 Å². The smallest absolute Gasteiger partial charge is 0.345 e. The number of hydrogen-bond acceptors (Lipinski definition) is 7. The Morgan fingerprint density at radius 1 is 1.08 bits per heavy atom. The Kier molecular flexibility index (Phi) is 10.1. The molecule has 2 atom stereocenters. The number of carbonyl (C=O) groups is 2. The van der Waals surface area contributed by atoms with Gasteiger partial charge in [0.25, 0.3) is 0 Å². The molecule has 3 aromatic rings. The van der Waals surface area contributed by atoms with Gasteiger partial charge in [-0.25, -0.2) is 14.4 Å². The number of nitrogens with one attached hydrogen (secondary N) is 3. The Bertz CT molecular complexity index is 1300. The summed E-state index contributed by atoms with van der Waals surface area (Å²) in [5.74, 6) is -0.723. The van der Waals surface area contributed by atoms with Crippen LogP contribution in [0.2, 0.25) is 5.02 Å². The van der Waals surface area contributed by atoms with E-state index in [-0.39, 0.29) is 23.3 Å². The molecule has 0 bridgehead atoms. The fourth-order valence-electron chi connectivity index (χ4n) is 3.78. The Labute approximate surface area is 224 Å². The van der Waals surface area contributed by atoms with Gasteiger partial charge < -0.3 is 19.8 Å². The number of amides is 1. The molecule has 0 aliphatic heterocycles. The number of aromatic nitrogens is 2. The van der Waals surface area contributed by atoms with Crippen LogP contribution in [0.4, 0.5) is 0 Å². The van der Waals surface area contributed by atoms with Crippen molar-refractivity contribution in [1.82, 2.24) is 20.1 Å². The first kappa shape index (κ1) is 28.2. The molecule has 1 aromatic heterocycles. The maximum Gasteiger partial charge on any atom is 0.345 e. The zero-order chi connectivity index (χ0) is 26.9. The largest absolute Gasteiger partial charge is 0.493 e. The van der Waals surface area contributed by atoms with Crippen LogP contribution in [-0.2, 0) is 9.59 Å². The van der Waals surface area contributed by atoms with Crippen LogP contribution >= 0.6 is 23.4 Å². The number of H-pyrrole nitrogens is 1. The van der Waals surface area contributed by atoms with Gasteiger partial charge in [-0.1, -0.05) is 30.7 Å². The third kappa shape index (κ3) is 7.79. The summed E-state index contributed by atoms with van der Waals surface area (Å²) in [6.07, 6.45) is 1.35. The summed E-state index contributed by atoms with van der Waals surface area (Å²) in [5, 5.41) is 3.25. The Balaban J connectivity index is 1.86. The first-order valence-electron chi connectivity index (χ1n) is 11.6. The summed E-state index contributed by atoms with van der Waals surface area (Å²) in [5.41, 5.74) is 1.80. The van der Waals surface area contributed by atoms with Crippen LogP contribution in [0.1, 0.15) is 26.7 Å². The standard InChI is InChI=1S/C26H28Cl2N4O5/c1-15(5-4-12-29-28)24(30-16(2)33)25(34)37-22-11-8-18(13-23(22)36-3)21-14-20(31-26(35)32-21)17-6-9-19(27)10-7-17/h6-11,13-15,24,29H,4-5,12H2,1-3H3,(H,30,33)(H,31,32,35)/t15-,24+/m0/s1.